The molecule has 1 aliphatic rings. The second kappa shape index (κ2) is 4.32. The number of carbonyl (C=O) groups excluding carboxylic acids is 1. The largest absolute Gasteiger partial charge is 0.310 e. The third-order valence-electron chi connectivity index (χ3n) is 2.34. The second-order valence-electron chi connectivity index (χ2n) is 3.55. The van der Waals surface area contributed by atoms with E-state index in [1.165, 1.54) is 0 Å². The molecule has 0 bridgehead atoms. The number of aromatic nitrogens is 1. The van der Waals surface area contributed by atoms with Gasteiger partial charge in [0.2, 0.25) is 11.9 Å². The molecule has 2 atom stereocenters. The van der Waals surface area contributed by atoms with Gasteiger partial charge in [0.05, 0.1) is 0 Å². The predicted molar refractivity (Wildman–Crippen MR) is 64.5 cm³/mol. The fourth-order valence-electron chi connectivity index (χ4n) is 1.37. The normalized spacial score (nSPS) is 22.6. The molecule has 0 spiro atoms. The Labute approximate surface area is 105 Å². The van der Waals surface area contributed by atoms with E-state index in [0.29, 0.717) is 12.2 Å². The Morgan fingerprint density at radius 1 is 1.62 bits per heavy atom. The van der Waals surface area contributed by atoms with Crippen molar-refractivity contribution in [1.82, 2.24) is 4.98 Å². The summed E-state index contributed by atoms with van der Waals surface area (Å²) in [5.41, 5.74) is 0. The molecule has 6 nitrogen and oxygen atoms in total. The van der Waals surface area contributed by atoms with E-state index in [9.17, 15) is 14.9 Å². The summed E-state index contributed by atoms with van der Waals surface area (Å²) < 4.78 is 0.963. The zero-order chi connectivity index (χ0) is 11.7. The molecule has 1 amide bonds. The van der Waals surface area contributed by atoms with Gasteiger partial charge in [0.15, 0.2) is 0 Å². The van der Waals surface area contributed by atoms with E-state index in [0.717, 1.165) is 3.57 Å². The number of hydrogen-bond donors (Lipinski definition) is 1. The number of hydrogen-bond acceptors (Lipinski definition) is 4. The highest BCUT2D eigenvalue weighted by Gasteiger charge is 2.53. The minimum Gasteiger partial charge on any atom is -0.310 e. The molecule has 16 heavy (non-hydrogen) atoms. The lowest BCUT2D eigenvalue weighted by atomic mass is 10.3. The molecule has 1 aromatic rings. The average molecular weight is 333 g/mol. The molecule has 0 unspecified atom stereocenters. The van der Waals surface area contributed by atoms with Crippen molar-refractivity contribution in [2.45, 2.75) is 12.5 Å². The van der Waals surface area contributed by atoms with E-state index in [2.05, 4.69) is 32.9 Å². The molecule has 1 saturated carbocycles. The molecular weight excluding hydrogens is 325 g/mol. The standard InChI is InChI=1S/C9H8IN3O3/c10-5-1-2-8(11-4-5)12-9(14)6-3-7(6)13(15)16/h1-2,4,6-7H,3H2,(H,11,12,14)/t6-,7-/m1/s1. The van der Waals surface area contributed by atoms with E-state index in [4.69, 9.17) is 0 Å². The molecule has 1 heterocycles. The topological polar surface area (TPSA) is 85.1 Å². The van der Waals surface area contributed by atoms with Gasteiger partial charge in [0.25, 0.3) is 0 Å². The van der Waals surface area contributed by atoms with Crippen LogP contribution in [-0.2, 0) is 4.79 Å². The number of pyridine rings is 1. The van der Waals surface area contributed by atoms with Crippen molar-refractivity contribution in [1.29, 1.82) is 0 Å². The maximum atomic E-state index is 11.5. The van der Waals surface area contributed by atoms with Crippen LogP contribution in [0.1, 0.15) is 6.42 Å². The highest BCUT2D eigenvalue weighted by molar-refractivity contribution is 14.1. The van der Waals surface area contributed by atoms with Gasteiger partial charge in [0.1, 0.15) is 11.7 Å². The van der Waals surface area contributed by atoms with E-state index in [-0.39, 0.29) is 5.91 Å². The molecule has 2 rings (SSSR count). The number of rotatable bonds is 3. The van der Waals surface area contributed by atoms with Gasteiger partial charge >= 0.3 is 0 Å². The Bertz CT molecular complexity index is 434. The fourth-order valence-corrected chi connectivity index (χ4v) is 1.68. The minimum atomic E-state index is -0.719. The first-order valence-corrected chi connectivity index (χ1v) is 5.71. The predicted octanol–water partition coefficient (Wildman–Crippen LogP) is 1.29. The summed E-state index contributed by atoms with van der Waals surface area (Å²) in [5.74, 6) is -0.397. The van der Waals surface area contributed by atoms with Crippen LogP contribution < -0.4 is 5.32 Å². The summed E-state index contributed by atoms with van der Waals surface area (Å²) in [6, 6.07) is 2.76. The molecule has 0 aromatic carbocycles. The van der Waals surface area contributed by atoms with Gasteiger partial charge < -0.3 is 5.32 Å². The lowest BCUT2D eigenvalue weighted by Crippen LogP contribution is -2.19. The summed E-state index contributed by atoms with van der Waals surface area (Å²) in [6.07, 6.45) is 1.94. The fraction of sp³-hybridized carbons (Fsp3) is 0.333. The Balaban J connectivity index is 1.94. The molecule has 84 valence electrons. The smallest absolute Gasteiger partial charge is 0.235 e. The van der Waals surface area contributed by atoms with Gasteiger partial charge in [-0.3, -0.25) is 14.9 Å². The Hall–Kier alpha value is -1.25. The van der Waals surface area contributed by atoms with Crippen LogP contribution in [0, 0.1) is 19.6 Å². The van der Waals surface area contributed by atoms with Crippen LogP contribution in [-0.4, -0.2) is 21.9 Å². The highest BCUT2D eigenvalue weighted by Crippen LogP contribution is 2.33. The molecule has 1 N–H and O–H groups in total. The van der Waals surface area contributed by atoms with Crippen LogP contribution in [0.5, 0.6) is 0 Å². The summed E-state index contributed by atoms with van der Waals surface area (Å²) in [6.45, 7) is 0. The van der Waals surface area contributed by atoms with Crippen LogP contribution >= 0.6 is 22.6 Å². The zero-order valence-corrected chi connectivity index (χ0v) is 10.2. The third-order valence-corrected chi connectivity index (χ3v) is 2.98. The zero-order valence-electron chi connectivity index (χ0n) is 8.09. The molecule has 0 saturated heterocycles. The number of amides is 1. The Kier molecular flexibility index (Phi) is 3.03. The Morgan fingerprint density at radius 2 is 2.38 bits per heavy atom. The average Bonchev–Trinajstić information content (AvgIpc) is 3.01. The third kappa shape index (κ3) is 2.46. The van der Waals surface area contributed by atoms with E-state index < -0.39 is 16.9 Å². The van der Waals surface area contributed by atoms with Gasteiger partial charge in [-0.1, -0.05) is 0 Å². The summed E-state index contributed by atoms with van der Waals surface area (Å²) in [5, 5.41) is 12.9. The molecule has 1 fully saturated rings. The van der Waals surface area contributed by atoms with Crippen molar-refractivity contribution in [3.8, 4) is 0 Å². The van der Waals surface area contributed by atoms with Gasteiger partial charge in [0, 0.05) is 21.1 Å². The summed E-state index contributed by atoms with van der Waals surface area (Å²) in [7, 11) is 0. The lowest BCUT2D eigenvalue weighted by Gasteiger charge is -2.01. The monoisotopic (exact) mass is 333 g/mol. The molecule has 0 radical (unpaired) electrons. The molecule has 7 heteroatoms. The van der Waals surface area contributed by atoms with Gasteiger partial charge in [-0.05, 0) is 34.7 Å². The molecular formula is C9H8IN3O3. The molecule has 0 aliphatic heterocycles. The summed E-state index contributed by atoms with van der Waals surface area (Å²) in [4.78, 5) is 25.5. The second-order valence-corrected chi connectivity index (χ2v) is 4.79. The number of nitro groups is 1. The SMILES string of the molecule is O=C(Nc1ccc(I)cn1)[C@@H]1C[C@H]1[N+](=O)[O-]. The number of halogens is 1. The Morgan fingerprint density at radius 3 is 2.88 bits per heavy atom. The van der Waals surface area contributed by atoms with Crippen LogP contribution in [0.25, 0.3) is 0 Å². The van der Waals surface area contributed by atoms with Crippen molar-refractivity contribution in [3.05, 3.63) is 32.0 Å². The lowest BCUT2D eigenvalue weighted by molar-refractivity contribution is -0.497. The number of carbonyl (C=O) groups is 1. The first-order valence-electron chi connectivity index (χ1n) is 4.64. The number of nitrogens with zero attached hydrogens (tertiary/aromatic N) is 2. The summed E-state index contributed by atoms with van der Waals surface area (Å²) >= 11 is 2.10. The molecule has 1 aliphatic carbocycles. The van der Waals surface area contributed by atoms with Crippen molar-refractivity contribution >= 4 is 34.3 Å². The van der Waals surface area contributed by atoms with E-state index in [1.807, 2.05) is 0 Å². The van der Waals surface area contributed by atoms with Crippen molar-refractivity contribution in [2.24, 2.45) is 5.92 Å². The highest BCUT2D eigenvalue weighted by atomic mass is 127. The van der Waals surface area contributed by atoms with Crippen LogP contribution in [0.15, 0.2) is 18.3 Å². The quantitative estimate of drug-likeness (QED) is 0.513. The van der Waals surface area contributed by atoms with Crippen molar-refractivity contribution in [3.63, 3.8) is 0 Å². The van der Waals surface area contributed by atoms with Crippen molar-refractivity contribution < 1.29 is 9.72 Å². The maximum Gasteiger partial charge on any atom is 0.235 e. The number of anilines is 1. The maximum absolute atomic E-state index is 11.5. The molecule has 1 aromatic heterocycles. The van der Waals surface area contributed by atoms with Crippen LogP contribution in [0.4, 0.5) is 5.82 Å². The number of nitrogens with one attached hydrogen (secondary N) is 1. The first-order chi connectivity index (χ1) is 7.58. The van der Waals surface area contributed by atoms with Gasteiger partial charge in [-0.15, -0.1) is 0 Å². The van der Waals surface area contributed by atoms with E-state index >= 15 is 0 Å². The first kappa shape index (κ1) is 11.2. The van der Waals surface area contributed by atoms with E-state index in [1.54, 1.807) is 18.3 Å². The van der Waals surface area contributed by atoms with Gasteiger partial charge in [-0.25, -0.2) is 4.98 Å². The van der Waals surface area contributed by atoms with Crippen molar-refractivity contribution in [2.75, 3.05) is 5.32 Å². The van der Waals surface area contributed by atoms with Crippen LogP contribution in [0.3, 0.4) is 0 Å². The van der Waals surface area contributed by atoms with Gasteiger partial charge in [-0.2, -0.15) is 0 Å². The van der Waals surface area contributed by atoms with Crippen LogP contribution in [0.2, 0.25) is 0 Å². The minimum absolute atomic E-state index is 0.323.